The van der Waals surface area contributed by atoms with Gasteiger partial charge < -0.3 is 5.73 Å². The lowest BCUT2D eigenvalue weighted by molar-refractivity contribution is 1.06. The minimum absolute atomic E-state index is 0.666. The van der Waals surface area contributed by atoms with Crippen LogP contribution in [0.25, 0.3) is 10.9 Å². The summed E-state index contributed by atoms with van der Waals surface area (Å²) in [4.78, 5) is 4.48. The first kappa shape index (κ1) is 11.0. The Morgan fingerprint density at radius 3 is 2.80 bits per heavy atom. The van der Waals surface area contributed by atoms with E-state index in [1.54, 1.807) is 0 Å². The van der Waals surface area contributed by atoms with Crippen molar-refractivity contribution >= 4 is 50.8 Å². The zero-order valence-electron chi connectivity index (χ0n) is 8.22. The predicted molar refractivity (Wildman–Crippen MR) is 73.3 cm³/mol. The highest BCUT2D eigenvalue weighted by Gasteiger charge is 2.07. The van der Waals surface area contributed by atoms with Gasteiger partial charge in [0.25, 0.3) is 0 Å². The maximum Gasteiger partial charge on any atom is 0.0912 e. The SMILES string of the molecule is CCc1cc(N)c2cc(I)cc(Cl)c2n1. The Morgan fingerprint density at radius 1 is 1.40 bits per heavy atom. The van der Waals surface area contributed by atoms with Crippen LogP contribution in [0.5, 0.6) is 0 Å². The van der Waals surface area contributed by atoms with Crippen molar-refractivity contribution < 1.29 is 0 Å². The average Bonchev–Trinajstić information content (AvgIpc) is 2.19. The first-order valence-electron chi connectivity index (χ1n) is 4.66. The average molecular weight is 333 g/mol. The lowest BCUT2D eigenvalue weighted by Crippen LogP contribution is -1.95. The van der Waals surface area contributed by atoms with Gasteiger partial charge in [0.15, 0.2) is 0 Å². The van der Waals surface area contributed by atoms with Crippen molar-refractivity contribution in [1.82, 2.24) is 4.98 Å². The summed E-state index contributed by atoms with van der Waals surface area (Å²) in [6, 6.07) is 5.81. The van der Waals surface area contributed by atoms with Crippen molar-refractivity contribution in [1.29, 1.82) is 0 Å². The number of aromatic nitrogens is 1. The Morgan fingerprint density at radius 2 is 2.13 bits per heavy atom. The van der Waals surface area contributed by atoms with Gasteiger partial charge in [0.1, 0.15) is 0 Å². The van der Waals surface area contributed by atoms with Crippen molar-refractivity contribution in [3.8, 4) is 0 Å². The maximum atomic E-state index is 6.14. The summed E-state index contributed by atoms with van der Waals surface area (Å²) in [5.41, 5.74) is 8.49. The van der Waals surface area contributed by atoms with Crippen LogP contribution in [-0.2, 0) is 6.42 Å². The molecular formula is C11H10ClIN2. The van der Waals surface area contributed by atoms with Gasteiger partial charge in [-0.3, -0.25) is 4.98 Å². The first-order chi connectivity index (χ1) is 7.11. The van der Waals surface area contributed by atoms with E-state index in [-0.39, 0.29) is 0 Å². The maximum absolute atomic E-state index is 6.14. The fourth-order valence-electron chi connectivity index (χ4n) is 1.51. The molecule has 1 aromatic heterocycles. The van der Waals surface area contributed by atoms with E-state index in [4.69, 9.17) is 17.3 Å². The predicted octanol–water partition coefficient (Wildman–Crippen LogP) is 3.64. The Hall–Kier alpha value is -0.550. The molecule has 0 unspecified atom stereocenters. The molecule has 0 spiro atoms. The first-order valence-corrected chi connectivity index (χ1v) is 6.11. The van der Waals surface area contributed by atoms with Crippen molar-refractivity contribution in [2.45, 2.75) is 13.3 Å². The number of halogens is 2. The number of rotatable bonds is 1. The Labute approximate surface area is 107 Å². The molecule has 4 heteroatoms. The molecule has 0 saturated carbocycles. The fourth-order valence-corrected chi connectivity index (χ4v) is 2.58. The number of hydrogen-bond acceptors (Lipinski definition) is 2. The Kier molecular flexibility index (Phi) is 3.02. The van der Waals surface area contributed by atoms with Crippen LogP contribution in [-0.4, -0.2) is 4.98 Å². The second-order valence-corrected chi connectivity index (χ2v) is 4.99. The van der Waals surface area contributed by atoms with Crippen molar-refractivity contribution in [2.75, 3.05) is 5.73 Å². The van der Waals surface area contributed by atoms with E-state index in [2.05, 4.69) is 27.6 Å². The Balaban J connectivity index is 2.85. The summed E-state index contributed by atoms with van der Waals surface area (Å²) in [7, 11) is 0. The van der Waals surface area contributed by atoms with E-state index in [0.717, 1.165) is 32.3 Å². The van der Waals surface area contributed by atoms with Crippen LogP contribution in [0.4, 0.5) is 5.69 Å². The molecule has 0 aliphatic heterocycles. The molecule has 78 valence electrons. The number of pyridine rings is 1. The van der Waals surface area contributed by atoms with Crippen LogP contribution >= 0.6 is 34.2 Å². The van der Waals surface area contributed by atoms with E-state index in [1.165, 1.54) is 0 Å². The highest BCUT2D eigenvalue weighted by molar-refractivity contribution is 14.1. The van der Waals surface area contributed by atoms with Gasteiger partial charge in [-0.1, -0.05) is 18.5 Å². The third-order valence-corrected chi connectivity index (χ3v) is 3.19. The van der Waals surface area contributed by atoms with E-state index in [9.17, 15) is 0 Å². The highest BCUT2D eigenvalue weighted by atomic mass is 127. The molecule has 0 radical (unpaired) electrons. The molecule has 0 bridgehead atoms. The molecule has 0 fully saturated rings. The van der Waals surface area contributed by atoms with Crippen LogP contribution < -0.4 is 5.73 Å². The molecule has 0 aliphatic carbocycles. The number of fused-ring (bicyclic) bond motifs is 1. The molecule has 0 atom stereocenters. The van der Waals surface area contributed by atoms with Gasteiger partial charge in [-0.25, -0.2) is 0 Å². The van der Waals surface area contributed by atoms with Gasteiger partial charge in [0, 0.05) is 20.3 Å². The number of nitrogens with two attached hydrogens (primary N) is 1. The molecule has 15 heavy (non-hydrogen) atoms. The number of nitrogen functional groups attached to an aromatic ring is 1. The second-order valence-electron chi connectivity index (χ2n) is 3.34. The fraction of sp³-hybridized carbons (Fsp3) is 0.182. The van der Waals surface area contributed by atoms with Crippen LogP contribution in [0.2, 0.25) is 5.02 Å². The summed E-state index contributed by atoms with van der Waals surface area (Å²) < 4.78 is 1.07. The number of hydrogen-bond donors (Lipinski definition) is 1. The smallest absolute Gasteiger partial charge is 0.0912 e. The molecular weight excluding hydrogens is 322 g/mol. The standard InChI is InChI=1S/C11H10ClIN2/c1-2-7-5-10(14)8-3-6(13)4-9(12)11(8)15-7/h3-5H,2H2,1H3,(H2,14,15). The van der Waals surface area contributed by atoms with E-state index in [0.29, 0.717) is 5.02 Å². The minimum Gasteiger partial charge on any atom is -0.398 e. The van der Waals surface area contributed by atoms with Gasteiger partial charge in [-0.05, 0) is 47.2 Å². The summed E-state index contributed by atoms with van der Waals surface area (Å²) in [6.45, 7) is 2.05. The summed E-state index contributed by atoms with van der Waals surface area (Å²) in [6.07, 6.45) is 0.864. The lowest BCUT2D eigenvalue weighted by atomic mass is 10.1. The van der Waals surface area contributed by atoms with Crippen LogP contribution in [0.15, 0.2) is 18.2 Å². The highest BCUT2D eigenvalue weighted by Crippen LogP contribution is 2.29. The van der Waals surface area contributed by atoms with Crippen LogP contribution in [0, 0.1) is 3.57 Å². The zero-order valence-corrected chi connectivity index (χ0v) is 11.1. The van der Waals surface area contributed by atoms with Crippen molar-refractivity contribution in [2.24, 2.45) is 0 Å². The van der Waals surface area contributed by atoms with E-state index >= 15 is 0 Å². The molecule has 2 nitrogen and oxygen atoms in total. The number of aryl methyl sites for hydroxylation is 1. The molecule has 1 heterocycles. The van der Waals surface area contributed by atoms with Gasteiger partial charge in [0.05, 0.1) is 10.5 Å². The van der Waals surface area contributed by atoms with Gasteiger partial charge in [-0.2, -0.15) is 0 Å². The number of nitrogens with zero attached hydrogens (tertiary/aromatic N) is 1. The Bertz CT molecular complexity index is 525. The monoisotopic (exact) mass is 332 g/mol. The number of benzene rings is 1. The van der Waals surface area contributed by atoms with Gasteiger partial charge >= 0.3 is 0 Å². The third kappa shape index (κ3) is 2.03. The lowest BCUT2D eigenvalue weighted by Gasteiger charge is -2.06. The minimum atomic E-state index is 0.666. The van der Waals surface area contributed by atoms with Crippen molar-refractivity contribution in [3.63, 3.8) is 0 Å². The van der Waals surface area contributed by atoms with E-state index in [1.807, 2.05) is 25.1 Å². The molecule has 0 aliphatic rings. The van der Waals surface area contributed by atoms with Gasteiger partial charge in [0.2, 0.25) is 0 Å². The molecule has 2 N–H and O–H groups in total. The topological polar surface area (TPSA) is 38.9 Å². The molecule has 0 saturated heterocycles. The largest absolute Gasteiger partial charge is 0.398 e. The normalized spacial score (nSPS) is 10.9. The quantitative estimate of drug-likeness (QED) is 0.810. The van der Waals surface area contributed by atoms with Crippen LogP contribution in [0.1, 0.15) is 12.6 Å². The molecule has 0 amide bonds. The zero-order chi connectivity index (χ0) is 11.0. The second kappa shape index (κ2) is 4.14. The van der Waals surface area contributed by atoms with E-state index < -0.39 is 0 Å². The summed E-state index contributed by atoms with van der Waals surface area (Å²) in [5, 5.41) is 1.60. The van der Waals surface area contributed by atoms with Crippen molar-refractivity contribution in [3.05, 3.63) is 32.5 Å². The van der Waals surface area contributed by atoms with Gasteiger partial charge in [-0.15, -0.1) is 0 Å². The number of anilines is 1. The summed E-state index contributed by atoms with van der Waals surface area (Å²) in [5.74, 6) is 0. The summed E-state index contributed by atoms with van der Waals surface area (Å²) >= 11 is 8.36. The molecule has 2 rings (SSSR count). The molecule has 1 aromatic carbocycles. The third-order valence-electron chi connectivity index (χ3n) is 2.28. The van der Waals surface area contributed by atoms with Crippen LogP contribution in [0.3, 0.4) is 0 Å². The molecule has 2 aromatic rings.